The van der Waals surface area contributed by atoms with Crippen molar-refractivity contribution in [1.82, 2.24) is 9.29 Å². The maximum Gasteiger partial charge on any atom is 0.244 e. The van der Waals surface area contributed by atoms with Crippen LogP contribution in [0, 0.1) is 5.82 Å². The van der Waals surface area contributed by atoms with Gasteiger partial charge in [0.15, 0.2) is 0 Å². The Morgan fingerprint density at radius 3 is 3.00 bits per heavy atom. The van der Waals surface area contributed by atoms with Crippen molar-refractivity contribution in [2.45, 2.75) is 11.0 Å². The molecule has 18 heavy (non-hydrogen) atoms. The summed E-state index contributed by atoms with van der Waals surface area (Å²) in [5, 5.41) is 0. The number of alkyl halides is 1. The van der Waals surface area contributed by atoms with Crippen molar-refractivity contribution in [2.75, 3.05) is 25.6 Å². The quantitative estimate of drug-likeness (QED) is 0.776. The number of nitrogens with zero attached hydrogens (tertiary/aromatic N) is 2. The van der Waals surface area contributed by atoms with Gasteiger partial charge < -0.3 is 4.74 Å². The molecule has 1 aliphatic heterocycles. The molecule has 0 N–H and O–H groups in total. The zero-order valence-corrected chi connectivity index (χ0v) is 11.0. The summed E-state index contributed by atoms with van der Waals surface area (Å²) in [6, 6.07) is 0.952. The van der Waals surface area contributed by atoms with Crippen LogP contribution < -0.4 is 0 Å². The molecule has 1 atom stereocenters. The summed E-state index contributed by atoms with van der Waals surface area (Å²) in [6.45, 7) is 0.675. The van der Waals surface area contributed by atoms with Crippen LogP contribution in [0.25, 0.3) is 0 Å². The molecule has 1 aromatic heterocycles. The van der Waals surface area contributed by atoms with E-state index in [4.69, 9.17) is 16.3 Å². The third-order valence-corrected chi connectivity index (χ3v) is 4.77. The van der Waals surface area contributed by atoms with Crippen LogP contribution in [0.15, 0.2) is 23.4 Å². The molecule has 1 fully saturated rings. The molecule has 0 aliphatic carbocycles. The molecule has 2 heterocycles. The minimum Gasteiger partial charge on any atom is -0.374 e. The molecule has 0 spiro atoms. The number of halogens is 2. The van der Waals surface area contributed by atoms with Gasteiger partial charge >= 0.3 is 0 Å². The maximum atomic E-state index is 13.0. The molecule has 0 amide bonds. The molecule has 0 saturated carbocycles. The van der Waals surface area contributed by atoms with Gasteiger partial charge in [-0.05, 0) is 6.07 Å². The van der Waals surface area contributed by atoms with Gasteiger partial charge in [-0.25, -0.2) is 12.8 Å². The summed E-state index contributed by atoms with van der Waals surface area (Å²) < 4.78 is 44.0. The molecule has 0 radical (unpaired) electrons. The number of morpholine rings is 1. The highest BCUT2D eigenvalue weighted by molar-refractivity contribution is 7.89. The third-order valence-electron chi connectivity index (χ3n) is 2.59. The van der Waals surface area contributed by atoms with Crippen LogP contribution in [-0.4, -0.2) is 49.4 Å². The van der Waals surface area contributed by atoms with E-state index in [-0.39, 0.29) is 36.6 Å². The minimum absolute atomic E-state index is 0.155. The lowest BCUT2D eigenvalue weighted by molar-refractivity contribution is 0.0122. The molecule has 1 aromatic rings. The third kappa shape index (κ3) is 2.80. The lowest BCUT2D eigenvalue weighted by Crippen LogP contribution is -2.46. The van der Waals surface area contributed by atoms with Gasteiger partial charge in [0.05, 0.1) is 18.9 Å². The van der Waals surface area contributed by atoms with Crippen LogP contribution in [-0.2, 0) is 14.8 Å². The predicted molar refractivity (Wildman–Crippen MR) is 63.4 cm³/mol. The molecular formula is C10H12ClFN2O3S. The van der Waals surface area contributed by atoms with E-state index in [9.17, 15) is 12.8 Å². The molecule has 2 rings (SSSR count). The predicted octanol–water partition coefficient (Wildman–Crippen LogP) is 0.849. The number of rotatable bonds is 3. The Labute approximate surface area is 110 Å². The van der Waals surface area contributed by atoms with Gasteiger partial charge in [0, 0.05) is 25.2 Å². The van der Waals surface area contributed by atoms with E-state index in [0.29, 0.717) is 0 Å². The normalized spacial score (nSPS) is 22.0. The molecule has 1 saturated heterocycles. The van der Waals surface area contributed by atoms with E-state index in [1.54, 1.807) is 0 Å². The summed E-state index contributed by atoms with van der Waals surface area (Å²) in [6.07, 6.45) is 1.75. The highest BCUT2D eigenvalue weighted by Gasteiger charge is 2.30. The van der Waals surface area contributed by atoms with Crippen LogP contribution in [0.5, 0.6) is 0 Å². The van der Waals surface area contributed by atoms with Crippen molar-refractivity contribution in [3.8, 4) is 0 Å². The van der Waals surface area contributed by atoms with Crippen molar-refractivity contribution in [3.63, 3.8) is 0 Å². The number of pyridine rings is 1. The van der Waals surface area contributed by atoms with Crippen molar-refractivity contribution in [1.29, 1.82) is 0 Å². The summed E-state index contributed by atoms with van der Waals surface area (Å²) in [5.74, 6) is -0.467. The molecule has 0 bridgehead atoms. The summed E-state index contributed by atoms with van der Waals surface area (Å²) in [7, 11) is -3.74. The van der Waals surface area contributed by atoms with E-state index in [1.807, 2.05) is 0 Å². The van der Waals surface area contributed by atoms with Gasteiger partial charge in [0.25, 0.3) is 0 Å². The Balaban J connectivity index is 2.25. The fraction of sp³-hybridized carbons (Fsp3) is 0.500. The zero-order valence-electron chi connectivity index (χ0n) is 9.42. The molecular weight excluding hydrogens is 283 g/mol. The second-order valence-electron chi connectivity index (χ2n) is 3.85. The maximum absolute atomic E-state index is 13.0. The van der Waals surface area contributed by atoms with E-state index in [2.05, 4.69) is 4.98 Å². The zero-order chi connectivity index (χ0) is 13.2. The van der Waals surface area contributed by atoms with E-state index >= 15 is 0 Å². The largest absolute Gasteiger partial charge is 0.374 e. The highest BCUT2D eigenvalue weighted by Crippen LogP contribution is 2.19. The smallest absolute Gasteiger partial charge is 0.244 e. The molecule has 8 heteroatoms. The Kier molecular flexibility index (Phi) is 4.16. The van der Waals surface area contributed by atoms with Crippen LogP contribution in [0.1, 0.15) is 0 Å². The minimum atomic E-state index is -3.74. The average Bonchev–Trinajstić information content (AvgIpc) is 2.39. The van der Waals surface area contributed by atoms with Crippen LogP contribution >= 0.6 is 11.6 Å². The van der Waals surface area contributed by atoms with Gasteiger partial charge in [-0.3, -0.25) is 4.98 Å². The first-order valence-electron chi connectivity index (χ1n) is 5.32. The van der Waals surface area contributed by atoms with Crippen LogP contribution in [0.3, 0.4) is 0 Å². The molecule has 100 valence electrons. The molecule has 5 nitrogen and oxygen atoms in total. The van der Waals surface area contributed by atoms with Gasteiger partial charge in [-0.1, -0.05) is 0 Å². The highest BCUT2D eigenvalue weighted by atomic mass is 35.5. The van der Waals surface area contributed by atoms with Crippen molar-refractivity contribution in [2.24, 2.45) is 0 Å². The second-order valence-corrected chi connectivity index (χ2v) is 6.10. The first-order valence-corrected chi connectivity index (χ1v) is 7.30. The number of sulfonamides is 1. The standard InChI is InChI=1S/C10H12ClFN2O3S/c11-4-9-7-14(1-2-17-9)18(15,16)10-3-8(12)5-13-6-10/h3,5-6,9H,1-2,4,7H2. The van der Waals surface area contributed by atoms with Gasteiger partial charge in [-0.2, -0.15) is 4.31 Å². The summed E-state index contributed by atoms with van der Waals surface area (Å²) >= 11 is 5.65. The Hall–Kier alpha value is -0.760. The van der Waals surface area contributed by atoms with Crippen molar-refractivity contribution < 1.29 is 17.5 Å². The van der Waals surface area contributed by atoms with E-state index in [0.717, 1.165) is 18.5 Å². The lowest BCUT2D eigenvalue weighted by Gasteiger charge is -2.31. The Morgan fingerprint density at radius 2 is 2.33 bits per heavy atom. The average molecular weight is 295 g/mol. The first-order chi connectivity index (χ1) is 8.54. The van der Waals surface area contributed by atoms with Crippen LogP contribution in [0.2, 0.25) is 0 Å². The Bertz CT molecular complexity index is 526. The van der Waals surface area contributed by atoms with E-state index < -0.39 is 15.8 Å². The SMILES string of the molecule is O=S(=O)(c1cncc(F)c1)N1CCOC(CCl)C1. The van der Waals surface area contributed by atoms with E-state index in [1.165, 1.54) is 4.31 Å². The lowest BCUT2D eigenvalue weighted by atomic mass is 10.3. The number of aromatic nitrogens is 1. The second kappa shape index (κ2) is 5.48. The molecule has 1 aliphatic rings. The Morgan fingerprint density at radius 1 is 1.56 bits per heavy atom. The molecule has 1 unspecified atom stereocenters. The van der Waals surface area contributed by atoms with Gasteiger partial charge in [-0.15, -0.1) is 11.6 Å². The fourth-order valence-electron chi connectivity index (χ4n) is 1.69. The number of ether oxygens (including phenoxy) is 1. The number of hydrogen-bond donors (Lipinski definition) is 0. The summed E-state index contributed by atoms with van der Waals surface area (Å²) in [5.41, 5.74) is 0. The topological polar surface area (TPSA) is 59.5 Å². The van der Waals surface area contributed by atoms with Crippen molar-refractivity contribution >= 4 is 21.6 Å². The summed E-state index contributed by atoms with van der Waals surface area (Å²) in [4.78, 5) is 3.39. The number of hydrogen-bond acceptors (Lipinski definition) is 4. The van der Waals surface area contributed by atoms with Gasteiger partial charge in [0.2, 0.25) is 10.0 Å². The van der Waals surface area contributed by atoms with Crippen LogP contribution in [0.4, 0.5) is 4.39 Å². The first kappa shape index (κ1) is 13.7. The monoisotopic (exact) mass is 294 g/mol. The molecule has 0 aromatic carbocycles. The fourth-order valence-corrected chi connectivity index (χ4v) is 3.30. The van der Waals surface area contributed by atoms with Gasteiger partial charge in [0.1, 0.15) is 10.7 Å². The van der Waals surface area contributed by atoms with Crippen molar-refractivity contribution in [3.05, 3.63) is 24.3 Å².